The van der Waals surface area contributed by atoms with E-state index in [0.717, 1.165) is 0 Å². The molecule has 5 heteroatoms. The molecule has 0 amide bonds. The van der Waals surface area contributed by atoms with Crippen LogP contribution in [0.1, 0.15) is 10.4 Å². The summed E-state index contributed by atoms with van der Waals surface area (Å²) in [5.41, 5.74) is 0.770. The minimum atomic E-state index is -1.03. The van der Waals surface area contributed by atoms with Crippen molar-refractivity contribution in [2.45, 2.75) is 0 Å². The van der Waals surface area contributed by atoms with Gasteiger partial charge in [0.2, 0.25) is 0 Å². The first kappa shape index (κ1) is 9.21. The Labute approximate surface area is 86.9 Å². The van der Waals surface area contributed by atoms with Gasteiger partial charge in [-0.15, -0.1) is 0 Å². The average molecular weight is 258 g/mol. The number of carboxylic acid groups (broad SMARTS) is 1. The van der Waals surface area contributed by atoms with Crippen molar-refractivity contribution < 1.29 is 14.3 Å². The predicted octanol–water partition coefficient (Wildman–Crippen LogP) is 2.54. The zero-order valence-electron chi connectivity index (χ0n) is 6.87. The van der Waals surface area contributed by atoms with Crippen molar-refractivity contribution in [2.75, 3.05) is 0 Å². The molecule has 0 spiro atoms. The lowest BCUT2D eigenvalue weighted by Gasteiger charge is -1.98. The third-order valence-corrected chi connectivity index (χ3v) is 2.67. The van der Waals surface area contributed by atoms with Crippen molar-refractivity contribution in [3.05, 3.63) is 40.4 Å². The number of hydrogen-bond acceptors (Lipinski definition) is 1. The van der Waals surface area contributed by atoms with Crippen LogP contribution < -0.4 is 0 Å². The van der Waals surface area contributed by atoms with Crippen molar-refractivity contribution in [3.8, 4) is 0 Å². The Balaban J connectivity index is 2.77. The van der Waals surface area contributed by atoms with Gasteiger partial charge in [-0.1, -0.05) is 0 Å². The van der Waals surface area contributed by atoms with Crippen LogP contribution in [0.15, 0.2) is 29.0 Å². The Hall–Kier alpha value is -1.36. The van der Waals surface area contributed by atoms with Gasteiger partial charge in [-0.2, -0.15) is 0 Å². The van der Waals surface area contributed by atoms with Crippen molar-refractivity contribution in [2.24, 2.45) is 0 Å². The summed E-state index contributed by atoms with van der Waals surface area (Å²) in [6.07, 6.45) is 1.37. The second-order valence-electron chi connectivity index (χ2n) is 2.80. The topological polar surface area (TPSA) is 41.7 Å². The average Bonchev–Trinajstić information content (AvgIpc) is 2.56. The second-order valence-corrected chi connectivity index (χ2v) is 3.55. The van der Waals surface area contributed by atoms with Crippen molar-refractivity contribution >= 4 is 27.4 Å². The summed E-state index contributed by atoms with van der Waals surface area (Å²) >= 11 is 3.04. The molecule has 72 valence electrons. The number of hydrogen-bond donors (Lipinski definition) is 1. The summed E-state index contributed by atoms with van der Waals surface area (Å²) in [4.78, 5) is 10.6. The lowest BCUT2D eigenvalue weighted by molar-refractivity contribution is 0.0697. The number of aromatic carboxylic acids is 1. The molecule has 0 saturated carbocycles. The van der Waals surface area contributed by atoms with E-state index in [9.17, 15) is 9.18 Å². The summed E-state index contributed by atoms with van der Waals surface area (Å²) in [6.45, 7) is 0. The largest absolute Gasteiger partial charge is 0.478 e. The zero-order valence-corrected chi connectivity index (χ0v) is 8.45. The normalized spacial score (nSPS) is 10.7. The summed E-state index contributed by atoms with van der Waals surface area (Å²) < 4.78 is 14.7. The lowest BCUT2D eigenvalue weighted by atomic mass is 10.3. The fourth-order valence-corrected chi connectivity index (χ4v) is 1.68. The number of nitrogens with zero attached hydrogens (tertiary/aromatic N) is 1. The Morgan fingerprint density at radius 1 is 1.50 bits per heavy atom. The highest BCUT2D eigenvalue weighted by atomic mass is 79.9. The van der Waals surface area contributed by atoms with Crippen LogP contribution in [0, 0.1) is 5.82 Å². The van der Waals surface area contributed by atoms with Gasteiger partial charge in [0, 0.05) is 11.7 Å². The third-order valence-electron chi connectivity index (χ3n) is 1.91. The second kappa shape index (κ2) is 3.09. The first-order chi connectivity index (χ1) is 6.59. The Bertz CT molecular complexity index is 521. The minimum Gasteiger partial charge on any atom is -0.478 e. The van der Waals surface area contributed by atoms with Crippen molar-refractivity contribution in [1.29, 1.82) is 0 Å². The Kier molecular flexibility index (Phi) is 2.03. The van der Waals surface area contributed by atoms with Crippen LogP contribution in [0.25, 0.3) is 5.52 Å². The summed E-state index contributed by atoms with van der Waals surface area (Å²) in [5, 5.41) is 8.72. The van der Waals surface area contributed by atoms with Gasteiger partial charge in [0.05, 0.1) is 5.56 Å². The van der Waals surface area contributed by atoms with Crippen LogP contribution >= 0.6 is 15.9 Å². The summed E-state index contributed by atoms with van der Waals surface area (Å²) in [6, 6.07) is 4.28. The van der Waals surface area contributed by atoms with Crippen LogP contribution in [0.2, 0.25) is 0 Å². The highest BCUT2D eigenvalue weighted by molar-refractivity contribution is 9.10. The van der Waals surface area contributed by atoms with E-state index in [1.165, 1.54) is 28.8 Å². The Morgan fingerprint density at radius 3 is 2.86 bits per heavy atom. The maximum Gasteiger partial charge on any atom is 0.337 e. The number of rotatable bonds is 1. The first-order valence-electron chi connectivity index (χ1n) is 3.79. The van der Waals surface area contributed by atoms with E-state index in [1.54, 1.807) is 0 Å². The van der Waals surface area contributed by atoms with Gasteiger partial charge in [-0.05, 0) is 34.1 Å². The molecule has 14 heavy (non-hydrogen) atoms. The van der Waals surface area contributed by atoms with Gasteiger partial charge in [0.15, 0.2) is 5.82 Å². The third kappa shape index (κ3) is 1.29. The molecule has 0 saturated heterocycles. The quantitative estimate of drug-likeness (QED) is 0.798. The molecule has 0 aromatic carbocycles. The number of halogens is 2. The molecule has 3 nitrogen and oxygen atoms in total. The van der Waals surface area contributed by atoms with E-state index in [4.69, 9.17) is 5.11 Å². The molecule has 2 heterocycles. The maximum absolute atomic E-state index is 13.0. The molecule has 2 aromatic heterocycles. The molecule has 2 aromatic rings. The molecular formula is C9H5BrFNO2. The van der Waals surface area contributed by atoms with Gasteiger partial charge in [-0.25, -0.2) is 9.18 Å². The van der Waals surface area contributed by atoms with Crippen LogP contribution in [0.4, 0.5) is 4.39 Å². The first-order valence-corrected chi connectivity index (χ1v) is 4.58. The van der Waals surface area contributed by atoms with Crippen molar-refractivity contribution in [3.63, 3.8) is 0 Å². The molecule has 0 fully saturated rings. The number of pyridine rings is 1. The molecule has 2 rings (SSSR count). The van der Waals surface area contributed by atoms with E-state index in [-0.39, 0.29) is 10.2 Å². The number of aromatic nitrogens is 1. The van der Waals surface area contributed by atoms with E-state index in [0.29, 0.717) is 5.52 Å². The fraction of sp³-hybridized carbons (Fsp3) is 0. The van der Waals surface area contributed by atoms with E-state index in [1.807, 2.05) is 0 Å². The van der Waals surface area contributed by atoms with Gasteiger partial charge in [-0.3, -0.25) is 0 Å². The van der Waals surface area contributed by atoms with E-state index >= 15 is 0 Å². The SMILES string of the molecule is O=C(O)c1cc2ccc(F)c(Br)n2c1. The van der Waals surface area contributed by atoms with Crippen LogP contribution in [-0.4, -0.2) is 15.5 Å². The monoisotopic (exact) mass is 257 g/mol. The Morgan fingerprint density at radius 2 is 2.21 bits per heavy atom. The fourth-order valence-electron chi connectivity index (χ4n) is 1.24. The standard InChI is InChI=1S/C9H5BrFNO2/c10-8-7(11)2-1-6-3-5(9(13)14)4-12(6)8/h1-4H,(H,13,14). The van der Waals surface area contributed by atoms with Crippen LogP contribution in [-0.2, 0) is 0 Å². The van der Waals surface area contributed by atoms with E-state index < -0.39 is 11.8 Å². The zero-order chi connectivity index (χ0) is 10.3. The molecule has 0 radical (unpaired) electrons. The molecule has 0 aliphatic heterocycles. The summed E-state index contributed by atoms with van der Waals surface area (Å²) in [5.74, 6) is -1.45. The van der Waals surface area contributed by atoms with Gasteiger partial charge < -0.3 is 9.51 Å². The minimum absolute atomic E-state index is 0.135. The van der Waals surface area contributed by atoms with Gasteiger partial charge in [0.1, 0.15) is 4.60 Å². The van der Waals surface area contributed by atoms with Gasteiger partial charge in [0.25, 0.3) is 0 Å². The maximum atomic E-state index is 13.0. The molecule has 0 aliphatic rings. The van der Waals surface area contributed by atoms with Crippen LogP contribution in [0.5, 0.6) is 0 Å². The van der Waals surface area contributed by atoms with Crippen LogP contribution in [0.3, 0.4) is 0 Å². The smallest absolute Gasteiger partial charge is 0.337 e. The van der Waals surface area contributed by atoms with Crippen molar-refractivity contribution in [1.82, 2.24) is 4.40 Å². The number of carbonyl (C=O) groups is 1. The molecule has 0 unspecified atom stereocenters. The van der Waals surface area contributed by atoms with Gasteiger partial charge >= 0.3 is 5.97 Å². The number of carboxylic acids is 1. The predicted molar refractivity (Wildman–Crippen MR) is 52.0 cm³/mol. The molecule has 1 N–H and O–H groups in total. The molecule has 0 atom stereocenters. The highest BCUT2D eigenvalue weighted by Gasteiger charge is 2.10. The molecule has 0 aliphatic carbocycles. The van der Waals surface area contributed by atoms with E-state index in [2.05, 4.69) is 15.9 Å². The molecular weight excluding hydrogens is 253 g/mol. The highest BCUT2D eigenvalue weighted by Crippen LogP contribution is 2.20. The number of fused-ring (bicyclic) bond motifs is 1. The summed E-state index contributed by atoms with van der Waals surface area (Å²) in [7, 11) is 0. The lowest BCUT2D eigenvalue weighted by Crippen LogP contribution is -1.93. The molecule has 0 bridgehead atoms.